The quantitative estimate of drug-likeness (QED) is 0.880. The first kappa shape index (κ1) is 13.8. The lowest BCUT2D eigenvalue weighted by molar-refractivity contribution is 0.289. The van der Waals surface area contributed by atoms with E-state index in [1.807, 2.05) is 13.2 Å². The van der Waals surface area contributed by atoms with Crippen molar-refractivity contribution in [3.63, 3.8) is 0 Å². The Bertz CT molecular complexity index is 546. The molecule has 0 aliphatic rings. The highest BCUT2D eigenvalue weighted by Gasteiger charge is 2.04. The van der Waals surface area contributed by atoms with Crippen molar-refractivity contribution in [1.82, 2.24) is 20.3 Å². The number of halogens is 2. The highest BCUT2D eigenvalue weighted by Crippen LogP contribution is 2.24. The topological polar surface area (TPSA) is 52.0 Å². The summed E-state index contributed by atoms with van der Waals surface area (Å²) in [6, 6.07) is 4.03. The maximum absolute atomic E-state index is 12.8. The SMILES string of the molecule is CNCc1cn(CCOc2ccc(F)cc2Cl)nn1. The van der Waals surface area contributed by atoms with Crippen LogP contribution in [0.25, 0.3) is 0 Å². The Balaban J connectivity index is 1.85. The van der Waals surface area contributed by atoms with Gasteiger partial charge in [-0.15, -0.1) is 5.10 Å². The molecule has 1 N–H and O–H groups in total. The van der Waals surface area contributed by atoms with Gasteiger partial charge in [0, 0.05) is 12.7 Å². The molecule has 1 heterocycles. The smallest absolute Gasteiger partial charge is 0.138 e. The zero-order valence-electron chi connectivity index (χ0n) is 10.4. The van der Waals surface area contributed by atoms with Gasteiger partial charge in [0.05, 0.1) is 17.3 Å². The van der Waals surface area contributed by atoms with Crippen molar-refractivity contribution in [3.8, 4) is 5.75 Å². The Labute approximate surface area is 115 Å². The van der Waals surface area contributed by atoms with Crippen molar-refractivity contribution in [2.45, 2.75) is 13.1 Å². The third-order valence-electron chi connectivity index (χ3n) is 2.42. The maximum atomic E-state index is 12.8. The summed E-state index contributed by atoms with van der Waals surface area (Å²) in [4.78, 5) is 0. The number of rotatable bonds is 6. The van der Waals surface area contributed by atoms with Crippen molar-refractivity contribution >= 4 is 11.6 Å². The Kier molecular flexibility index (Phi) is 4.70. The first-order valence-electron chi connectivity index (χ1n) is 5.80. The maximum Gasteiger partial charge on any atom is 0.138 e. The molecule has 2 aromatic rings. The van der Waals surface area contributed by atoms with E-state index < -0.39 is 0 Å². The number of nitrogens with one attached hydrogen (secondary N) is 1. The number of ether oxygens (including phenoxy) is 1. The van der Waals surface area contributed by atoms with Crippen molar-refractivity contribution in [2.75, 3.05) is 13.7 Å². The van der Waals surface area contributed by atoms with Gasteiger partial charge >= 0.3 is 0 Å². The predicted molar refractivity (Wildman–Crippen MR) is 69.7 cm³/mol. The zero-order chi connectivity index (χ0) is 13.7. The number of hydrogen-bond donors (Lipinski definition) is 1. The van der Waals surface area contributed by atoms with Crippen molar-refractivity contribution < 1.29 is 9.13 Å². The molecule has 0 fully saturated rings. The number of nitrogens with zero attached hydrogens (tertiary/aromatic N) is 3. The Morgan fingerprint density at radius 2 is 2.32 bits per heavy atom. The molecule has 0 bridgehead atoms. The third kappa shape index (κ3) is 3.90. The van der Waals surface area contributed by atoms with Crippen molar-refractivity contribution in [3.05, 3.63) is 40.9 Å². The molecular formula is C12H14ClFN4O. The molecule has 1 aromatic carbocycles. The largest absolute Gasteiger partial charge is 0.490 e. The van der Waals surface area contributed by atoms with Gasteiger partial charge in [0.2, 0.25) is 0 Å². The Hall–Kier alpha value is -1.66. The Morgan fingerprint density at radius 1 is 1.47 bits per heavy atom. The molecule has 0 aliphatic heterocycles. The minimum atomic E-state index is -0.384. The second-order valence-corrected chi connectivity index (χ2v) is 4.33. The van der Waals surface area contributed by atoms with Gasteiger partial charge in [-0.25, -0.2) is 9.07 Å². The molecule has 0 radical (unpaired) electrons. The van der Waals surface area contributed by atoms with Crippen LogP contribution in [0.3, 0.4) is 0 Å². The molecule has 0 spiro atoms. The molecule has 19 heavy (non-hydrogen) atoms. The fraction of sp³-hybridized carbons (Fsp3) is 0.333. The molecule has 7 heteroatoms. The summed E-state index contributed by atoms with van der Waals surface area (Å²) >= 11 is 5.85. The van der Waals surface area contributed by atoms with Crippen LogP contribution in [-0.2, 0) is 13.1 Å². The molecule has 2 rings (SSSR count). The van der Waals surface area contributed by atoms with Crippen LogP contribution >= 0.6 is 11.6 Å². The van der Waals surface area contributed by atoms with E-state index in [0.29, 0.717) is 25.4 Å². The first-order valence-corrected chi connectivity index (χ1v) is 6.18. The van der Waals surface area contributed by atoms with Gasteiger partial charge in [0.15, 0.2) is 0 Å². The average Bonchev–Trinajstić information content (AvgIpc) is 2.80. The van der Waals surface area contributed by atoms with Crippen LogP contribution in [0.2, 0.25) is 5.02 Å². The summed E-state index contributed by atoms with van der Waals surface area (Å²) < 4.78 is 20.0. The molecule has 0 unspecified atom stereocenters. The Morgan fingerprint density at radius 3 is 3.05 bits per heavy atom. The molecule has 0 saturated carbocycles. The summed E-state index contributed by atoms with van der Waals surface area (Å²) in [5.74, 6) is 0.0731. The lowest BCUT2D eigenvalue weighted by Crippen LogP contribution is -2.09. The fourth-order valence-corrected chi connectivity index (χ4v) is 1.77. The van der Waals surface area contributed by atoms with Crippen LogP contribution in [0.15, 0.2) is 24.4 Å². The van der Waals surface area contributed by atoms with E-state index in [0.717, 1.165) is 5.69 Å². The fourth-order valence-electron chi connectivity index (χ4n) is 1.55. The second kappa shape index (κ2) is 6.49. The molecule has 1 aromatic heterocycles. The van der Waals surface area contributed by atoms with Gasteiger partial charge in [0.1, 0.15) is 18.2 Å². The van der Waals surface area contributed by atoms with Gasteiger partial charge in [0.25, 0.3) is 0 Å². The van der Waals surface area contributed by atoms with E-state index in [2.05, 4.69) is 15.6 Å². The summed E-state index contributed by atoms with van der Waals surface area (Å²) in [5.41, 5.74) is 0.863. The van der Waals surface area contributed by atoms with E-state index in [4.69, 9.17) is 16.3 Å². The first-order chi connectivity index (χ1) is 9.19. The van der Waals surface area contributed by atoms with Crippen LogP contribution in [-0.4, -0.2) is 28.6 Å². The summed E-state index contributed by atoms with van der Waals surface area (Å²) in [6.45, 7) is 1.60. The van der Waals surface area contributed by atoms with E-state index in [1.165, 1.54) is 18.2 Å². The third-order valence-corrected chi connectivity index (χ3v) is 2.71. The van der Waals surface area contributed by atoms with Gasteiger partial charge < -0.3 is 10.1 Å². The van der Waals surface area contributed by atoms with E-state index in [-0.39, 0.29) is 10.8 Å². The molecule has 0 atom stereocenters. The van der Waals surface area contributed by atoms with Crippen molar-refractivity contribution in [2.24, 2.45) is 0 Å². The molecule has 102 valence electrons. The molecule has 0 saturated heterocycles. The number of benzene rings is 1. The van der Waals surface area contributed by atoms with Crippen molar-refractivity contribution in [1.29, 1.82) is 0 Å². The minimum Gasteiger partial charge on any atom is -0.490 e. The normalized spacial score (nSPS) is 10.7. The van der Waals surface area contributed by atoms with Gasteiger partial charge in [-0.2, -0.15) is 0 Å². The van der Waals surface area contributed by atoms with Crippen LogP contribution in [0.4, 0.5) is 4.39 Å². The lowest BCUT2D eigenvalue weighted by atomic mass is 10.3. The summed E-state index contributed by atoms with van der Waals surface area (Å²) in [6.07, 6.45) is 1.84. The van der Waals surface area contributed by atoms with Crippen LogP contribution in [0.5, 0.6) is 5.75 Å². The highest BCUT2D eigenvalue weighted by molar-refractivity contribution is 6.32. The average molecular weight is 285 g/mol. The van der Waals surface area contributed by atoms with Gasteiger partial charge in [-0.3, -0.25) is 0 Å². The highest BCUT2D eigenvalue weighted by atomic mass is 35.5. The lowest BCUT2D eigenvalue weighted by Gasteiger charge is -2.07. The standard InChI is InChI=1S/C12H14ClFN4O/c1-15-7-10-8-18(17-16-10)4-5-19-12-3-2-9(14)6-11(12)13/h2-3,6,8,15H,4-5,7H2,1H3. The van der Waals surface area contributed by atoms with Crippen LogP contribution < -0.4 is 10.1 Å². The second-order valence-electron chi connectivity index (χ2n) is 3.93. The van der Waals surface area contributed by atoms with Gasteiger partial charge in [-0.05, 0) is 25.2 Å². The number of aromatic nitrogens is 3. The summed E-state index contributed by atoms with van der Waals surface area (Å²) in [5, 5.41) is 11.2. The predicted octanol–water partition coefficient (Wildman–Crippen LogP) is 1.87. The monoisotopic (exact) mass is 284 g/mol. The van der Waals surface area contributed by atoms with Crippen LogP contribution in [0, 0.1) is 5.82 Å². The molecular weight excluding hydrogens is 271 g/mol. The van der Waals surface area contributed by atoms with Crippen LogP contribution in [0.1, 0.15) is 5.69 Å². The minimum absolute atomic E-state index is 0.259. The molecule has 0 aliphatic carbocycles. The van der Waals surface area contributed by atoms with E-state index >= 15 is 0 Å². The zero-order valence-corrected chi connectivity index (χ0v) is 11.2. The molecule has 0 amide bonds. The summed E-state index contributed by atoms with van der Waals surface area (Å²) in [7, 11) is 1.85. The number of hydrogen-bond acceptors (Lipinski definition) is 4. The van der Waals surface area contributed by atoms with Gasteiger partial charge in [-0.1, -0.05) is 16.8 Å². The van der Waals surface area contributed by atoms with E-state index in [9.17, 15) is 4.39 Å². The molecule has 5 nitrogen and oxygen atoms in total. The van der Waals surface area contributed by atoms with E-state index in [1.54, 1.807) is 4.68 Å².